The van der Waals surface area contributed by atoms with Gasteiger partial charge in [-0.15, -0.1) is 23.4 Å². The Hall–Kier alpha value is -2.41. The maximum absolute atomic E-state index is 12.9. The number of ether oxygens (including phenoxy) is 3. The van der Waals surface area contributed by atoms with Crippen molar-refractivity contribution in [2.45, 2.75) is 86.9 Å². The summed E-state index contributed by atoms with van der Waals surface area (Å²) in [5.41, 5.74) is 0.557. The summed E-state index contributed by atoms with van der Waals surface area (Å²) in [6, 6.07) is 4.68. The van der Waals surface area contributed by atoms with Gasteiger partial charge < -0.3 is 24.3 Å². The minimum absolute atomic E-state index is 0.115. The third-order valence-corrected chi connectivity index (χ3v) is 7.63. The van der Waals surface area contributed by atoms with Crippen LogP contribution >= 0.6 is 11.6 Å². The zero-order valence-electron chi connectivity index (χ0n) is 18.8. The Kier molecular flexibility index (Phi) is 5.90. The summed E-state index contributed by atoms with van der Waals surface area (Å²) in [6.07, 6.45) is -6.12. The monoisotopic (exact) mass is 529 g/mol. The molecule has 4 unspecified atom stereocenters. The van der Waals surface area contributed by atoms with Crippen LogP contribution in [0.15, 0.2) is 22.6 Å². The highest BCUT2D eigenvalue weighted by Gasteiger charge is 2.51. The molecule has 2 N–H and O–H groups in total. The lowest BCUT2D eigenvalue weighted by molar-refractivity contribution is -0.352. The molecule has 13 heteroatoms. The molecule has 194 valence electrons. The van der Waals surface area contributed by atoms with Crippen LogP contribution in [0, 0.1) is 0 Å². The van der Waals surface area contributed by atoms with Crippen molar-refractivity contribution in [2.75, 3.05) is 0 Å². The minimum atomic E-state index is -4.65. The van der Waals surface area contributed by atoms with E-state index in [1.54, 1.807) is 18.2 Å². The van der Waals surface area contributed by atoms with Gasteiger partial charge in [-0.1, -0.05) is 11.6 Å². The summed E-state index contributed by atoms with van der Waals surface area (Å²) < 4.78 is 58.6. The van der Waals surface area contributed by atoms with Gasteiger partial charge in [0.05, 0.1) is 36.4 Å². The Morgan fingerprint density at radius 2 is 1.89 bits per heavy atom. The Morgan fingerprint density at radius 3 is 2.61 bits per heavy atom. The van der Waals surface area contributed by atoms with Gasteiger partial charge in [0.25, 0.3) is 5.91 Å². The third kappa shape index (κ3) is 4.55. The highest BCUT2D eigenvalue weighted by atomic mass is 35.5. The lowest BCUT2D eigenvalue weighted by Gasteiger charge is -2.32. The van der Waals surface area contributed by atoms with E-state index in [1.807, 2.05) is 0 Å². The number of nitrogens with one attached hydrogen (secondary N) is 1. The van der Waals surface area contributed by atoms with Gasteiger partial charge in [0.15, 0.2) is 6.10 Å². The highest BCUT2D eigenvalue weighted by Crippen LogP contribution is 2.46. The molecule has 6 atom stereocenters. The topological polar surface area (TPSA) is 116 Å². The second-order valence-corrected chi connectivity index (χ2v) is 10.2. The number of alkyl halides is 3. The molecule has 36 heavy (non-hydrogen) atoms. The number of fused-ring (bicyclic) bond motifs is 3. The molecule has 1 aromatic heterocycles. The molecule has 0 radical (unpaired) electrons. The molecular weight excluding hydrogens is 507 g/mol. The maximum atomic E-state index is 12.9. The van der Waals surface area contributed by atoms with Crippen molar-refractivity contribution in [3.63, 3.8) is 0 Å². The number of nitrogens with zero attached hydrogens (tertiary/aromatic N) is 2. The Morgan fingerprint density at radius 1 is 1.11 bits per heavy atom. The molecule has 6 rings (SSSR count). The SMILES string of the molecule is O=C(NC1CC2OC1CC2c1nnc(C2CC(OC(F)(F)F)C2)o1)[C@H]1C[C@@H](O)c2cc(Cl)ccc2O1. The van der Waals surface area contributed by atoms with E-state index >= 15 is 0 Å². The average Bonchev–Trinajstić information content (AvgIpc) is 3.51. The van der Waals surface area contributed by atoms with E-state index in [4.69, 9.17) is 25.5 Å². The molecule has 1 saturated carbocycles. The number of rotatable bonds is 5. The van der Waals surface area contributed by atoms with Crippen molar-refractivity contribution in [1.29, 1.82) is 0 Å². The summed E-state index contributed by atoms with van der Waals surface area (Å²) in [5, 5.41) is 22.0. The van der Waals surface area contributed by atoms with E-state index in [2.05, 4.69) is 20.3 Å². The molecule has 1 aliphatic carbocycles. The minimum Gasteiger partial charge on any atom is -0.480 e. The fraction of sp³-hybridized carbons (Fsp3) is 0.609. The van der Waals surface area contributed by atoms with Gasteiger partial charge in [0.1, 0.15) is 5.75 Å². The normalized spacial score (nSPS) is 35.1. The predicted octanol–water partition coefficient (Wildman–Crippen LogP) is 3.52. The summed E-state index contributed by atoms with van der Waals surface area (Å²) >= 11 is 5.98. The molecule has 0 spiro atoms. The van der Waals surface area contributed by atoms with Gasteiger partial charge in [0.2, 0.25) is 11.8 Å². The van der Waals surface area contributed by atoms with Crippen molar-refractivity contribution in [3.05, 3.63) is 40.6 Å². The molecule has 2 saturated heterocycles. The lowest BCUT2D eigenvalue weighted by Crippen LogP contribution is -2.49. The number of carbonyl (C=O) groups excluding carboxylic acids is 1. The molecule has 1 amide bonds. The molecule has 2 aromatic rings. The van der Waals surface area contributed by atoms with Crippen LogP contribution in [0.5, 0.6) is 5.75 Å². The second-order valence-electron chi connectivity index (χ2n) is 9.78. The molecule has 4 heterocycles. The Bertz CT molecular complexity index is 1160. The average molecular weight is 530 g/mol. The maximum Gasteiger partial charge on any atom is 0.522 e. The van der Waals surface area contributed by atoms with Crippen molar-refractivity contribution in [1.82, 2.24) is 15.5 Å². The van der Waals surface area contributed by atoms with E-state index in [9.17, 15) is 23.1 Å². The molecule has 4 aliphatic rings. The third-order valence-electron chi connectivity index (χ3n) is 7.39. The highest BCUT2D eigenvalue weighted by molar-refractivity contribution is 6.30. The van der Waals surface area contributed by atoms with E-state index in [1.165, 1.54) is 0 Å². The lowest BCUT2D eigenvalue weighted by atomic mass is 9.82. The Labute approximate surface area is 208 Å². The summed E-state index contributed by atoms with van der Waals surface area (Å²) in [4.78, 5) is 12.9. The number of aromatic nitrogens is 2. The van der Waals surface area contributed by atoms with Gasteiger partial charge in [-0.3, -0.25) is 9.53 Å². The first-order valence-corrected chi connectivity index (χ1v) is 12.2. The second kappa shape index (κ2) is 8.86. The number of aliphatic hydroxyl groups excluding tert-OH is 1. The van der Waals surface area contributed by atoms with Gasteiger partial charge in [-0.25, -0.2) is 0 Å². The fourth-order valence-electron chi connectivity index (χ4n) is 5.54. The summed E-state index contributed by atoms with van der Waals surface area (Å²) in [5.74, 6) is 0.421. The van der Waals surface area contributed by atoms with Gasteiger partial charge in [0, 0.05) is 22.9 Å². The number of aliphatic hydroxyl groups is 1. The molecule has 3 fully saturated rings. The number of halogens is 4. The van der Waals surface area contributed by atoms with E-state index < -0.39 is 24.7 Å². The first-order chi connectivity index (χ1) is 17.1. The van der Waals surface area contributed by atoms with Crippen LogP contribution in [0.1, 0.15) is 67.4 Å². The van der Waals surface area contributed by atoms with Gasteiger partial charge >= 0.3 is 6.36 Å². The first kappa shape index (κ1) is 24.0. The standard InChI is InChI=1S/C23H23ClF3N3O6/c24-10-1-2-16-12(5-10)15(31)8-19(33-16)20(32)28-14-7-17-13(6-18(14)34-17)22-30-29-21(35-22)9-3-11(4-9)36-23(25,26)27/h1-2,5,9,11,13-15,17-19,31H,3-4,6-8H2,(H,28,32)/t9?,11?,13?,14?,15-,17?,18?,19-/m1/s1. The summed E-state index contributed by atoms with van der Waals surface area (Å²) in [6.45, 7) is 0. The zero-order chi connectivity index (χ0) is 25.2. The smallest absolute Gasteiger partial charge is 0.480 e. The molecule has 9 nitrogen and oxygen atoms in total. The van der Waals surface area contributed by atoms with Gasteiger partial charge in [-0.05, 0) is 43.9 Å². The van der Waals surface area contributed by atoms with Crippen LogP contribution < -0.4 is 10.1 Å². The van der Waals surface area contributed by atoms with Crippen LogP contribution in [-0.4, -0.2) is 58.0 Å². The van der Waals surface area contributed by atoms with Gasteiger partial charge in [-0.2, -0.15) is 0 Å². The van der Waals surface area contributed by atoms with Crippen LogP contribution in [0.4, 0.5) is 13.2 Å². The van der Waals surface area contributed by atoms with Crippen molar-refractivity contribution < 1.29 is 41.7 Å². The number of hydrogen-bond donors (Lipinski definition) is 2. The number of hydrogen-bond acceptors (Lipinski definition) is 8. The zero-order valence-corrected chi connectivity index (χ0v) is 19.5. The van der Waals surface area contributed by atoms with E-state index in [0.29, 0.717) is 41.0 Å². The fourth-order valence-corrected chi connectivity index (χ4v) is 5.72. The molecular formula is C23H23ClF3N3O6. The van der Waals surface area contributed by atoms with Crippen molar-refractivity contribution >= 4 is 17.5 Å². The largest absolute Gasteiger partial charge is 0.522 e. The molecule has 2 bridgehead atoms. The molecule has 3 aliphatic heterocycles. The van der Waals surface area contributed by atoms with Crippen LogP contribution in [0.3, 0.4) is 0 Å². The van der Waals surface area contributed by atoms with Crippen LogP contribution in [-0.2, 0) is 14.3 Å². The van der Waals surface area contributed by atoms with Crippen LogP contribution in [0.25, 0.3) is 0 Å². The number of carbonyl (C=O) groups is 1. The number of amides is 1. The van der Waals surface area contributed by atoms with Crippen molar-refractivity contribution in [2.24, 2.45) is 0 Å². The predicted molar refractivity (Wildman–Crippen MR) is 115 cm³/mol. The quantitative estimate of drug-likeness (QED) is 0.604. The van der Waals surface area contributed by atoms with E-state index in [0.717, 1.165) is 0 Å². The number of benzene rings is 1. The van der Waals surface area contributed by atoms with E-state index in [-0.39, 0.29) is 55.3 Å². The summed E-state index contributed by atoms with van der Waals surface area (Å²) in [7, 11) is 0. The first-order valence-electron chi connectivity index (χ1n) is 11.8. The van der Waals surface area contributed by atoms with Crippen LogP contribution in [0.2, 0.25) is 5.02 Å². The Balaban J connectivity index is 1.02. The molecule has 1 aromatic carbocycles. The van der Waals surface area contributed by atoms with Crippen molar-refractivity contribution in [3.8, 4) is 5.75 Å².